The van der Waals surface area contributed by atoms with E-state index >= 15 is 0 Å². The Morgan fingerprint density at radius 2 is 1.93 bits per heavy atom. The maximum Gasteiger partial charge on any atom is 0.446 e. The van der Waals surface area contributed by atoms with E-state index in [1.54, 1.807) is 6.07 Å². The minimum Gasteiger partial charge on any atom is -0.359 e. The SMILES string of the molecule is CCc1ccc(-c2csc(C(C#N)=CNc3ccccc3SC(F)(F)F)n2)cc1. The Bertz CT molecular complexity index is 1050. The van der Waals surface area contributed by atoms with Crippen molar-refractivity contribution in [3.05, 3.63) is 70.7 Å². The Hall–Kier alpha value is -2.76. The first-order valence-corrected chi connectivity index (χ1v) is 10.4. The minimum absolute atomic E-state index is 0.0318. The first-order chi connectivity index (χ1) is 13.9. The number of alkyl halides is 3. The standard InChI is InChI=1S/C21H16F3N3S2/c1-2-14-7-9-15(10-8-14)18-13-28-20(27-18)16(11-25)12-26-17-5-3-4-6-19(17)29-21(22,23)24/h3-10,12-13,26H,2H2,1H3. The van der Waals surface area contributed by atoms with E-state index in [1.807, 2.05) is 29.6 Å². The van der Waals surface area contributed by atoms with Crippen molar-refractivity contribution in [3.63, 3.8) is 0 Å². The van der Waals surface area contributed by atoms with Gasteiger partial charge in [-0.1, -0.05) is 43.3 Å². The lowest BCUT2D eigenvalue weighted by molar-refractivity contribution is -0.0327. The molecule has 1 aromatic heterocycles. The van der Waals surface area contributed by atoms with E-state index in [0.29, 0.717) is 5.01 Å². The maximum absolute atomic E-state index is 12.7. The second kappa shape index (κ2) is 9.16. The average molecular weight is 432 g/mol. The summed E-state index contributed by atoms with van der Waals surface area (Å²) in [6.45, 7) is 2.08. The van der Waals surface area contributed by atoms with Gasteiger partial charge in [-0.25, -0.2) is 4.98 Å². The lowest BCUT2D eigenvalue weighted by atomic mass is 10.1. The fourth-order valence-corrected chi connectivity index (χ4v) is 3.96. The van der Waals surface area contributed by atoms with Gasteiger partial charge in [-0.2, -0.15) is 18.4 Å². The van der Waals surface area contributed by atoms with Crippen LogP contribution >= 0.6 is 23.1 Å². The summed E-state index contributed by atoms with van der Waals surface area (Å²) in [6.07, 6.45) is 2.34. The molecule has 2 aromatic carbocycles. The Balaban J connectivity index is 1.81. The van der Waals surface area contributed by atoms with Crippen molar-refractivity contribution in [1.29, 1.82) is 5.26 Å². The number of benzene rings is 2. The van der Waals surface area contributed by atoms with Crippen LogP contribution in [0, 0.1) is 11.3 Å². The number of hydrogen-bond donors (Lipinski definition) is 1. The largest absolute Gasteiger partial charge is 0.446 e. The normalized spacial score (nSPS) is 11.9. The van der Waals surface area contributed by atoms with E-state index in [0.717, 1.165) is 17.7 Å². The number of rotatable bonds is 6. The Labute approximate surface area is 174 Å². The molecule has 3 rings (SSSR count). The number of hydrogen-bond acceptors (Lipinski definition) is 5. The zero-order valence-corrected chi connectivity index (χ0v) is 17.0. The molecule has 0 aliphatic carbocycles. The van der Waals surface area contributed by atoms with Crippen LogP contribution in [0.4, 0.5) is 18.9 Å². The molecular formula is C21H16F3N3S2. The number of thioether (sulfide) groups is 1. The van der Waals surface area contributed by atoms with Crippen molar-refractivity contribution in [2.75, 3.05) is 5.32 Å². The third-order valence-corrected chi connectivity index (χ3v) is 5.68. The molecule has 1 heterocycles. The fraction of sp³-hybridized carbons (Fsp3) is 0.143. The molecule has 0 saturated carbocycles. The molecule has 0 spiro atoms. The summed E-state index contributed by atoms with van der Waals surface area (Å²) < 4.78 is 38.2. The third kappa shape index (κ3) is 5.62. The number of thiazole rings is 1. The molecule has 1 N–H and O–H groups in total. The molecule has 0 atom stereocenters. The molecule has 3 aromatic rings. The Morgan fingerprint density at radius 1 is 1.21 bits per heavy atom. The van der Waals surface area contributed by atoms with Crippen LogP contribution in [0.1, 0.15) is 17.5 Å². The zero-order chi connectivity index (χ0) is 20.9. The van der Waals surface area contributed by atoms with Gasteiger partial charge in [0.05, 0.1) is 11.4 Å². The number of nitriles is 1. The first kappa shape index (κ1) is 21.0. The van der Waals surface area contributed by atoms with Crippen molar-refractivity contribution in [2.24, 2.45) is 0 Å². The predicted octanol–water partition coefficient (Wildman–Crippen LogP) is 6.96. The first-order valence-electron chi connectivity index (χ1n) is 8.66. The zero-order valence-electron chi connectivity index (χ0n) is 15.3. The van der Waals surface area contributed by atoms with E-state index in [1.165, 1.54) is 41.3 Å². The summed E-state index contributed by atoms with van der Waals surface area (Å²) >= 11 is 1.11. The van der Waals surface area contributed by atoms with Gasteiger partial charge >= 0.3 is 5.51 Å². The van der Waals surface area contributed by atoms with Crippen molar-refractivity contribution in [2.45, 2.75) is 23.7 Å². The number of aryl methyl sites for hydroxylation is 1. The van der Waals surface area contributed by atoms with Crippen LogP contribution in [0.2, 0.25) is 0 Å². The van der Waals surface area contributed by atoms with Gasteiger partial charge in [-0.05, 0) is 35.9 Å². The second-order valence-corrected chi connectivity index (χ2v) is 7.91. The molecule has 0 bridgehead atoms. The van der Waals surface area contributed by atoms with Gasteiger partial charge in [0, 0.05) is 22.0 Å². The minimum atomic E-state index is -4.39. The molecular weight excluding hydrogens is 415 g/mol. The van der Waals surface area contributed by atoms with E-state index < -0.39 is 5.51 Å². The van der Waals surface area contributed by atoms with Gasteiger partial charge in [-0.3, -0.25) is 0 Å². The maximum atomic E-state index is 12.7. The van der Waals surface area contributed by atoms with E-state index in [4.69, 9.17) is 0 Å². The highest BCUT2D eigenvalue weighted by atomic mass is 32.2. The van der Waals surface area contributed by atoms with Gasteiger partial charge in [0.15, 0.2) is 0 Å². The van der Waals surface area contributed by atoms with Crippen LogP contribution < -0.4 is 5.32 Å². The third-order valence-electron chi connectivity index (χ3n) is 4.00. The van der Waals surface area contributed by atoms with Crippen molar-refractivity contribution in [1.82, 2.24) is 4.98 Å². The quantitative estimate of drug-likeness (QED) is 0.338. The number of halogens is 3. The number of allylic oxidation sites excluding steroid dienone is 1. The molecule has 0 aliphatic heterocycles. The average Bonchev–Trinajstić information content (AvgIpc) is 3.18. The highest BCUT2D eigenvalue weighted by molar-refractivity contribution is 8.00. The monoisotopic (exact) mass is 431 g/mol. The summed E-state index contributed by atoms with van der Waals surface area (Å²) in [5.41, 5.74) is -0.949. The number of anilines is 1. The highest BCUT2D eigenvalue weighted by Gasteiger charge is 2.30. The molecule has 0 radical (unpaired) electrons. The fourth-order valence-electron chi connectivity index (χ4n) is 2.53. The van der Waals surface area contributed by atoms with E-state index in [2.05, 4.69) is 23.3 Å². The molecule has 0 saturated heterocycles. The van der Waals surface area contributed by atoms with Crippen LogP contribution in [0.25, 0.3) is 16.8 Å². The van der Waals surface area contributed by atoms with Crippen molar-refractivity contribution >= 4 is 34.4 Å². The smallest absolute Gasteiger partial charge is 0.359 e. The Kier molecular flexibility index (Phi) is 6.62. The lowest BCUT2D eigenvalue weighted by Crippen LogP contribution is -2.01. The van der Waals surface area contributed by atoms with Crippen LogP contribution in [-0.4, -0.2) is 10.5 Å². The molecule has 0 fully saturated rings. The van der Waals surface area contributed by atoms with Gasteiger partial charge in [0.1, 0.15) is 16.6 Å². The number of aromatic nitrogens is 1. The van der Waals surface area contributed by atoms with Crippen molar-refractivity contribution < 1.29 is 13.2 Å². The highest BCUT2D eigenvalue weighted by Crippen LogP contribution is 2.40. The summed E-state index contributed by atoms with van der Waals surface area (Å²) in [4.78, 5) is 4.54. The van der Waals surface area contributed by atoms with E-state index in [9.17, 15) is 18.4 Å². The lowest BCUT2D eigenvalue weighted by Gasteiger charge is -2.10. The molecule has 29 heavy (non-hydrogen) atoms. The molecule has 148 valence electrons. The molecule has 3 nitrogen and oxygen atoms in total. The van der Waals surface area contributed by atoms with Gasteiger partial charge in [0.2, 0.25) is 0 Å². The number of nitrogens with one attached hydrogen (secondary N) is 1. The number of nitrogens with zero attached hydrogens (tertiary/aromatic N) is 2. The molecule has 0 aliphatic rings. The topological polar surface area (TPSA) is 48.7 Å². The summed E-state index contributed by atoms with van der Waals surface area (Å²) in [6, 6.07) is 16.2. The van der Waals surface area contributed by atoms with Crippen LogP contribution in [0.15, 0.2) is 65.0 Å². The Morgan fingerprint density at radius 3 is 2.59 bits per heavy atom. The van der Waals surface area contributed by atoms with Crippen LogP contribution in [-0.2, 0) is 6.42 Å². The van der Waals surface area contributed by atoms with E-state index in [-0.39, 0.29) is 27.9 Å². The molecule has 8 heteroatoms. The van der Waals surface area contributed by atoms with Gasteiger partial charge in [-0.15, -0.1) is 11.3 Å². The van der Waals surface area contributed by atoms with Crippen LogP contribution in [0.3, 0.4) is 0 Å². The molecule has 0 unspecified atom stereocenters. The second-order valence-electron chi connectivity index (χ2n) is 5.95. The van der Waals surface area contributed by atoms with Gasteiger partial charge < -0.3 is 5.32 Å². The predicted molar refractivity (Wildman–Crippen MR) is 112 cm³/mol. The van der Waals surface area contributed by atoms with Crippen LogP contribution in [0.5, 0.6) is 0 Å². The molecule has 0 amide bonds. The summed E-state index contributed by atoms with van der Waals surface area (Å²) in [7, 11) is 0. The van der Waals surface area contributed by atoms with Crippen molar-refractivity contribution in [3.8, 4) is 17.3 Å². The number of para-hydroxylation sites is 1. The van der Waals surface area contributed by atoms with Gasteiger partial charge in [0.25, 0.3) is 0 Å². The summed E-state index contributed by atoms with van der Waals surface area (Å²) in [5, 5.41) is 14.6. The summed E-state index contributed by atoms with van der Waals surface area (Å²) in [5.74, 6) is 0.